The first kappa shape index (κ1) is 22.2. The van der Waals surface area contributed by atoms with Crippen LogP contribution < -0.4 is 14.8 Å². The van der Waals surface area contributed by atoms with E-state index in [9.17, 15) is 4.79 Å². The van der Waals surface area contributed by atoms with Crippen LogP contribution in [0.5, 0.6) is 11.5 Å². The van der Waals surface area contributed by atoms with Crippen molar-refractivity contribution in [2.24, 2.45) is 0 Å². The molecule has 0 aliphatic carbocycles. The van der Waals surface area contributed by atoms with Crippen LogP contribution in [0.2, 0.25) is 0 Å². The van der Waals surface area contributed by atoms with Crippen molar-refractivity contribution < 1.29 is 19.0 Å². The Hall–Kier alpha value is -2.05. The maximum atomic E-state index is 12.2. The summed E-state index contributed by atoms with van der Waals surface area (Å²) in [6, 6.07) is 13.2. The molecule has 28 heavy (non-hydrogen) atoms. The van der Waals surface area contributed by atoms with E-state index in [0.717, 1.165) is 10.9 Å². The van der Waals surface area contributed by atoms with Crippen LogP contribution in [0.15, 0.2) is 46.9 Å². The lowest BCUT2D eigenvalue weighted by Crippen LogP contribution is -2.20. The summed E-state index contributed by atoms with van der Waals surface area (Å²) in [5.41, 5.74) is 1.90. The average Bonchev–Trinajstić information content (AvgIpc) is 2.70. The predicted molar refractivity (Wildman–Crippen MR) is 115 cm³/mol. The third-order valence-corrected chi connectivity index (χ3v) is 4.93. The second-order valence-electron chi connectivity index (χ2n) is 6.41. The Bertz CT molecular complexity index is 766. The highest BCUT2D eigenvalue weighted by molar-refractivity contribution is 9.10. The van der Waals surface area contributed by atoms with Crippen molar-refractivity contribution in [3.05, 3.63) is 52.5 Å². The number of amides is 1. The molecule has 0 heterocycles. The highest BCUT2D eigenvalue weighted by atomic mass is 79.9. The fourth-order valence-electron chi connectivity index (χ4n) is 2.54. The number of rotatable bonds is 11. The summed E-state index contributed by atoms with van der Waals surface area (Å²) in [5, 5.41) is 2.82. The number of carbonyl (C=O) groups excluding carboxylic acids is 1. The van der Waals surface area contributed by atoms with Gasteiger partial charge in [0.15, 0.2) is 6.61 Å². The molecule has 2 aromatic carbocycles. The molecule has 1 unspecified atom stereocenters. The predicted octanol–water partition coefficient (Wildman–Crippen LogP) is 5.40. The van der Waals surface area contributed by atoms with E-state index in [1.807, 2.05) is 43.3 Å². The normalized spacial score (nSPS) is 11.7. The first-order chi connectivity index (χ1) is 13.5. The SMILES string of the molecule is CCOCCOc1cccc(NC(=O)COc2ccc(C(C)CC)cc2Br)c1. The number of benzene rings is 2. The standard InChI is InChI=1S/C22H28BrNO4/c1-4-16(3)17-9-10-21(20(23)13-17)28-15-22(25)24-18-7-6-8-19(14-18)27-12-11-26-5-2/h6-10,13-14,16H,4-5,11-12,15H2,1-3H3,(H,24,25). The van der Waals surface area contributed by atoms with Crippen molar-refractivity contribution in [3.63, 3.8) is 0 Å². The van der Waals surface area contributed by atoms with Crippen molar-refractivity contribution in [3.8, 4) is 11.5 Å². The lowest BCUT2D eigenvalue weighted by molar-refractivity contribution is -0.118. The van der Waals surface area contributed by atoms with E-state index >= 15 is 0 Å². The molecule has 1 atom stereocenters. The molecule has 2 rings (SSSR count). The number of nitrogens with one attached hydrogen (secondary N) is 1. The van der Waals surface area contributed by atoms with E-state index < -0.39 is 0 Å². The molecule has 0 saturated heterocycles. The largest absolute Gasteiger partial charge is 0.491 e. The first-order valence-corrected chi connectivity index (χ1v) is 10.4. The molecule has 0 radical (unpaired) electrons. The van der Waals surface area contributed by atoms with Gasteiger partial charge in [-0.25, -0.2) is 0 Å². The van der Waals surface area contributed by atoms with Gasteiger partial charge in [-0.05, 0) is 65.0 Å². The van der Waals surface area contributed by atoms with Crippen LogP contribution in [0.25, 0.3) is 0 Å². The Morgan fingerprint density at radius 2 is 1.93 bits per heavy atom. The zero-order chi connectivity index (χ0) is 20.4. The van der Waals surface area contributed by atoms with Crippen molar-refractivity contribution in [2.75, 3.05) is 31.7 Å². The molecule has 2 aromatic rings. The van der Waals surface area contributed by atoms with Crippen molar-refractivity contribution >= 4 is 27.5 Å². The van der Waals surface area contributed by atoms with Crippen LogP contribution in [0.1, 0.15) is 38.7 Å². The van der Waals surface area contributed by atoms with Crippen LogP contribution in [0.4, 0.5) is 5.69 Å². The van der Waals surface area contributed by atoms with Gasteiger partial charge in [-0.1, -0.05) is 26.0 Å². The van der Waals surface area contributed by atoms with Crippen molar-refractivity contribution in [1.29, 1.82) is 0 Å². The van der Waals surface area contributed by atoms with Crippen LogP contribution in [-0.2, 0) is 9.53 Å². The molecule has 1 amide bonds. The minimum absolute atomic E-state index is 0.0727. The van der Waals surface area contributed by atoms with Gasteiger partial charge in [-0.15, -0.1) is 0 Å². The monoisotopic (exact) mass is 449 g/mol. The van der Waals surface area contributed by atoms with Gasteiger partial charge in [0.1, 0.15) is 18.1 Å². The summed E-state index contributed by atoms with van der Waals surface area (Å²) in [5.74, 6) is 1.58. The molecule has 0 aliphatic rings. The highest BCUT2D eigenvalue weighted by Gasteiger charge is 2.10. The van der Waals surface area contributed by atoms with Gasteiger partial charge in [0.25, 0.3) is 5.91 Å². The van der Waals surface area contributed by atoms with Gasteiger partial charge in [0, 0.05) is 18.4 Å². The van der Waals surface area contributed by atoms with Gasteiger partial charge in [0.2, 0.25) is 0 Å². The fraction of sp³-hybridized carbons (Fsp3) is 0.409. The Morgan fingerprint density at radius 3 is 2.64 bits per heavy atom. The number of hydrogen-bond acceptors (Lipinski definition) is 4. The van der Waals surface area contributed by atoms with E-state index in [1.54, 1.807) is 6.07 Å². The quantitative estimate of drug-likeness (QED) is 0.466. The van der Waals surface area contributed by atoms with Gasteiger partial charge in [0.05, 0.1) is 11.1 Å². The maximum Gasteiger partial charge on any atom is 0.262 e. The summed E-state index contributed by atoms with van der Waals surface area (Å²) in [4.78, 5) is 12.2. The minimum atomic E-state index is -0.232. The smallest absolute Gasteiger partial charge is 0.262 e. The molecule has 0 spiro atoms. The third-order valence-electron chi connectivity index (χ3n) is 4.31. The van der Waals surface area contributed by atoms with Crippen LogP contribution in [0, 0.1) is 0 Å². The second kappa shape index (κ2) is 11.7. The Balaban J connectivity index is 1.85. The number of carbonyl (C=O) groups is 1. The van der Waals surface area contributed by atoms with Gasteiger partial charge >= 0.3 is 0 Å². The summed E-state index contributed by atoms with van der Waals surface area (Å²) < 4.78 is 17.4. The van der Waals surface area contributed by atoms with Crippen LogP contribution in [0.3, 0.4) is 0 Å². The van der Waals surface area contributed by atoms with Gasteiger partial charge in [-0.3, -0.25) is 4.79 Å². The zero-order valence-electron chi connectivity index (χ0n) is 16.7. The molecular formula is C22H28BrNO4. The maximum absolute atomic E-state index is 12.2. The Labute approximate surface area is 175 Å². The molecule has 0 aliphatic heterocycles. The zero-order valence-corrected chi connectivity index (χ0v) is 18.3. The second-order valence-corrected chi connectivity index (χ2v) is 7.26. The van der Waals surface area contributed by atoms with Crippen LogP contribution in [-0.4, -0.2) is 32.3 Å². The molecule has 0 aromatic heterocycles. The molecule has 152 valence electrons. The van der Waals surface area contributed by atoms with E-state index in [2.05, 4.69) is 35.1 Å². The highest BCUT2D eigenvalue weighted by Crippen LogP contribution is 2.30. The van der Waals surface area contributed by atoms with Gasteiger partial charge < -0.3 is 19.5 Å². The number of ether oxygens (including phenoxy) is 3. The number of halogens is 1. The fourth-order valence-corrected chi connectivity index (χ4v) is 3.05. The molecular weight excluding hydrogens is 422 g/mol. The van der Waals surface area contributed by atoms with Crippen molar-refractivity contribution in [2.45, 2.75) is 33.1 Å². The third kappa shape index (κ3) is 7.17. The lowest BCUT2D eigenvalue weighted by atomic mass is 9.99. The molecule has 0 bridgehead atoms. The van der Waals surface area contributed by atoms with E-state index in [1.165, 1.54) is 5.56 Å². The molecule has 6 heteroatoms. The molecule has 1 N–H and O–H groups in total. The summed E-state index contributed by atoms with van der Waals surface area (Å²) in [6.07, 6.45) is 1.07. The van der Waals surface area contributed by atoms with Gasteiger partial charge in [-0.2, -0.15) is 0 Å². The lowest BCUT2D eigenvalue weighted by Gasteiger charge is -2.13. The Morgan fingerprint density at radius 1 is 1.11 bits per heavy atom. The summed E-state index contributed by atoms with van der Waals surface area (Å²) in [7, 11) is 0. The summed E-state index contributed by atoms with van der Waals surface area (Å²) >= 11 is 3.52. The first-order valence-electron chi connectivity index (χ1n) is 9.56. The summed E-state index contributed by atoms with van der Waals surface area (Å²) in [6.45, 7) is 7.88. The minimum Gasteiger partial charge on any atom is -0.491 e. The molecule has 0 saturated carbocycles. The van der Waals surface area contributed by atoms with Crippen molar-refractivity contribution in [1.82, 2.24) is 0 Å². The number of anilines is 1. The molecule has 5 nitrogen and oxygen atoms in total. The van der Waals surface area contributed by atoms with E-state index in [0.29, 0.717) is 42.9 Å². The average molecular weight is 450 g/mol. The topological polar surface area (TPSA) is 56.8 Å². The van der Waals surface area contributed by atoms with Crippen LogP contribution >= 0.6 is 15.9 Å². The Kier molecular flexibility index (Phi) is 9.31. The number of hydrogen-bond donors (Lipinski definition) is 1. The molecule has 0 fully saturated rings. The van der Waals surface area contributed by atoms with E-state index in [4.69, 9.17) is 14.2 Å². The van der Waals surface area contributed by atoms with E-state index in [-0.39, 0.29) is 12.5 Å².